The quantitative estimate of drug-likeness (QED) is 0.434. The number of rotatable bonds is 5. The summed E-state index contributed by atoms with van der Waals surface area (Å²) in [5.41, 5.74) is 3.08. The minimum atomic E-state index is -4.73. The molecule has 3 heterocycles. The minimum Gasteiger partial charge on any atom is -0.417 e. The Hall–Kier alpha value is -4.00. The molecule has 13 heteroatoms. The molecule has 1 saturated heterocycles. The van der Waals surface area contributed by atoms with E-state index in [0.29, 0.717) is 5.69 Å². The van der Waals surface area contributed by atoms with E-state index in [1.807, 2.05) is 43.3 Å². The number of nitrogens with zero attached hydrogens (tertiary/aromatic N) is 5. The molecule has 1 aromatic carbocycles. The van der Waals surface area contributed by atoms with Gasteiger partial charge >= 0.3 is 18.1 Å². The number of aromatic nitrogens is 3. The van der Waals surface area contributed by atoms with Gasteiger partial charge in [0.05, 0.1) is 24.0 Å². The molecule has 1 aliphatic carbocycles. The van der Waals surface area contributed by atoms with Crippen LogP contribution < -0.4 is 4.90 Å². The lowest BCUT2D eigenvalue weighted by Gasteiger charge is -2.34. The summed E-state index contributed by atoms with van der Waals surface area (Å²) in [6.45, 7) is 2.15. The van der Waals surface area contributed by atoms with Crippen molar-refractivity contribution in [3.8, 4) is 11.1 Å². The zero-order chi connectivity index (χ0) is 28.5. The summed E-state index contributed by atoms with van der Waals surface area (Å²) in [7, 11) is -3.19. The molecule has 0 N–H and O–H groups in total. The normalized spacial score (nSPS) is 20.7. The van der Waals surface area contributed by atoms with E-state index in [0.717, 1.165) is 16.7 Å². The van der Waals surface area contributed by atoms with Crippen LogP contribution in [0.1, 0.15) is 24.6 Å². The van der Waals surface area contributed by atoms with Crippen molar-refractivity contribution >= 4 is 21.6 Å². The van der Waals surface area contributed by atoms with Crippen LogP contribution in [0.4, 0.5) is 23.7 Å². The van der Waals surface area contributed by atoms with Gasteiger partial charge in [0.1, 0.15) is 0 Å². The monoisotopic (exact) mass is 573 g/mol. The Kier molecular flexibility index (Phi) is 7.49. The summed E-state index contributed by atoms with van der Waals surface area (Å²) < 4.78 is 67.6. The predicted molar refractivity (Wildman–Crippen MR) is 141 cm³/mol. The number of urea groups is 1. The fraction of sp³-hybridized carbons (Fsp3) is 0.333. The van der Waals surface area contributed by atoms with Crippen LogP contribution >= 0.6 is 0 Å². The lowest BCUT2D eigenvalue weighted by atomic mass is 9.87. The molecular weight excluding hydrogens is 547 g/mol. The second-order valence-electron chi connectivity index (χ2n) is 9.73. The highest BCUT2D eigenvalue weighted by Crippen LogP contribution is 2.35. The van der Waals surface area contributed by atoms with Gasteiger partial charge in [-0.25, -0.2) is 13.2 Å². The first kappa shape index (κ1) is 27.6. The Balaban J connectivity index is 1.41. The molecule has 0 saturated carbocycles. The van der Waals surface area contributed by atoms with E-state index in [1.165, 1.54) is 4.90 Å². The number of alkyl halides is 3. The molecule has 3 aromatic rings. The van der Waals surface area contributed by atoms with Gasteiger partial charge in [0.15, 0.2) is 9.84 Å². The topological polar surface area (TPSA) is 110 Å². The molecule has 0 radical (unpaired) electrons. The molecule has 1 aliphatic heterocycles. The van der Waals surface area contributed by atoms with Crippen molar-refractivity contribution < 1.29 is 30.8 Å². The number of halogens is 3. The van der Waals surface area contributed by atoms with Crippen molar-refractivity contribution in [3.63, 3.8) is 0 Å². The van der Waals surface area contributed by atoms with Crippen LogP contribution in [0, 0.1) is 5.92 Å². The molecule has 2 atom stereocenters. The fourth-order valence-electron chi connectivity index (χ4n) is 4.71. The number of hydrogen-bond acceptors (Lipinski definition) is 7. The van der Waals surface area contributed by atoms with Crippen LogP contribution in [0.15, 0.2) is 77.0 Å². The first-order valence-electron chi connectivity index (χ1n) is 12.6. The number of amides is 2. The Morgan fingerprint density at radius 1 is 1.12 bits per heavy atom. The van der Waals surface area contributed by atoms with Gasteiger partial charge in [-0.1, -0.05) is 43.4 Å². The van der Waals surface area contributed by atoms with Crippen LogP contribution in [0.5, 0.6) is 0 Å². The van der Waals surface area contributed by atoms with E-state index >= 15 is 0 Å². The molecule has 40 heavy (non-hydrogen) atoms. The lowest BCUT2D eigenvalue weighted by molar-refractivity contribution is -0.157. The second-order valence-corrected chi connectivity index (χ2v) is 12.0. The molecule has 210 valence electrons. The average molecular weight is 574 g/mol. The molecule has 9 nitrogen and oxygen atoms in total. The highest BCUT2D eigenvalue weighted by molar-refractivity contribution is 7.91. The molecule has 2 aliphatic rings. The van der Waals surface area contributed by atoms with E-state index in [-0.39, 0.29) is 49.0 Å². The van der Waals surface area contributed by atoms with Crippen LogP contribution in [-0.4, -0.2) is 65.7 Å². The lowest BCUT2D eigenvalue weighted by Crippen LogP contribution is -2.50. The first-order valence-corrected chi connectivity index (χ1v) is 14.4. The summed E-state index contributed by atoms with van der Waals surface area (Å²) >= 11 is 0. The van der Waals surface area contributed by atoms with Gasteiger partial charge in [-0.2, -0.15) is 13.2 Å². The van der Waals surface area contributed by atoms with Crippen LogP contribution in [0.2, 0.25) is 0 Å². The highest BCUT2D eigenvalue weighted by Gasteiger charge is 2.39. The SMILES string of the molecule is CC1C=C(CN(C(=O)N2CCS(=O)(=O)CC2)c2cccc(-c3cccnc3)c2)C=CC1c1nnc(C(F)(F)F)o1. The van der Waals surface area contributed by atoms with Crippen molar-refractivity contribution in [2.45, 2.75) is 19.0 Å². The number of anilines is 1. The standard InChI is InChI=1S/C27H26F3N5O4S/c1-18-14-19(7-8-23(18)24-32-33-25(39-24)27(28,29)30)17-35(26(36)34-10-12-40(37,38)13-11-34)22-6-2-4-20(15-22)21-5-3-9-31-16-21/h2-9,14-16,18,23H,10-13,17H2,1H3. The Labute approximate surface area is 228 Å². The highest BCUT2D eigenvalue weighted by atomic mass is 32.2. The van der Waals surface area contributed by atoms with Crippen molar-refractivity contribution in [2.24, 2.45) is 5.92 Å². The molecule has 2 unspecified atom stereocenters. The minimum absolute atomic E-state index is 0.0893. The van der Waals surface area contributed by atoms with Gasteiger partial charge < -0.3 is 9.32 Å². The summed E-state index contributed by atoms with van der Waals surface area (Å²) in [4.78, 5) is 21.0. The molecule has 5 rings (SSSR count). The van der Waals surface area contributed by atoms with Gasteiger partial charge in [0.2, 0.25) is 5.89 Å². The number of pyridine rings is 1. The third-order valence-corrected chi connectivity index (χ3v) is 8.48. The maximum atomic E-state index is 13.7. The molecule has 1 fully saturated rings. The Bertz CT molecular complexity index is 1540. The van der Waals surface area contributed by atoms with Crippen molar-refractivity contribution in [2.75, 3.05) is 36.0 Å². The van der Waals surface area contributed by atoms with Gasteiger partial charge in [0, 0.05) is 36.7 Å². The van der Waals surface area contributed by atoms with E-state index in [4.69, 9.17) is 4.42 Å². The number of sulfone groups is 1. The summed E-state index contributed by atoms with van der Waals surface area (Å²) in [5, 5.41) is 6.71. The molecule has 2 aromatic heterocycles. The molecular formula is C27H26F3N5O4S. The molecule has 0 bridgehead atoms. The number of benzene rings is 1. The van der Waals surface area contributed by atoms with E-state index in [1.54, 1.807) is 35.5 Å². The third-order valence-electron chi connectivity index (χ3n) is 6.87. The molecule has 2 amide bonds. The van der Waals surface area contributed by atoms with Gasteiger partial charge in [0.25, 0.3) is 0 Å². The first-order chi connectivity index (χ1) is 19.0. The smallest absolute Gasteiger partial charge is 0.417 e. The van der Waals surface area contributed by atoms with Crippen LogP contribution in [0.3, 0.4) is 0 Å². The average Bonchev–Trinajstić information content (AvgIpc) is 3.43. The Morgan fingerprint density at radius 3 is 2.52 bits per heavy atom. The zero-order valence-corrected chi connectivity index (χ0v) is 22.3. The number of carbonyl (C=O) groups is 1. The number of hydrogen-bond donors (Lipinski definition) is 0. The second kappa shape index (κ2) is 10.9. The molecule has 0 spiro atoms. The predicted octanol–water partition coefficient (Wildman–Crippen LogP) is 4.72. The van der Waals surface area contributed by atoms with E-state index in [9.17, 15) is 26.4 Å². The van der Waals surface area contributed by atoms with Crippen molar-refractivity contribution in [1.29, 1.82) is 0 Å². The van der Waals surface area contributed by atoms with E-state index < -0.39 is 27.8 Å². The largest absolute Gasteiger partial charge is 0.470 e. The van der Waals surface area contributed by atoms with E-state index in [2.05, 4.69) is 15.2 Å². The Morgan fingerprint density at radius 2 is 1.88 bits per heavy atom. The van der Waals surface area contributed by atoms with Gasteiger partial charge in [-0.3, -0.25) is 9.88 Å². The summed E-state index contributed by atoms with van der Waals surface area (Å²) in [5.74, 6) is -2.59. The van der Waals surface area contributed by atoms with Crippen molar-refractivity contribution in [1.82, 2.24) is 20.1 Å². The number of carbonyl (C=O) groups excluding carboxylic acids is 1. The third kappa shape index (κ3) is 6.09. The van der Waals surface area contributed by atoms with Crippen molar-refractivity contribution in [3.05, 3.63) is 84.4 Å². The summed E-state index contributed by atoms with van der Waals surface area (Å²) in [6.07, 6.45) is 3.93. The van der Waals surface area contributed by atoms with Crippen LogP contribution in [0.25, 0.3) is 11.1 Å². The fourth-order valence-corrected chi connectivity index (χ4v) is 5.91. The van der Waals surface area contributed by atoms with Gasteiger partial charge in [-0.15, -0.1) is 10.2 Å². The summed E-state index contributed by atoms with van der Waals surface area (Å²) in [6, 6.07) is 10.8. The van der Waals surface area contributed by atoms with Gasteiger partial charge in [-0.05, 0) is 35.3 Å². The maximum absolute atomic E-state index is 13.7. The zero-order valence-electron chi connectivity index (χ0n) is 21.5. The number of allylic oxidation sites excluding steroid dienone is 2. The van der Waals surface area contributed by atoms with Crippen LogP contribution in [-0.2, 0) is 16.0 Å². The maximum Gasteiger partial charge on any atom is 0.470 e.